The van der Waals surface area contributed by atoms with Crippen molar-refractivity contribution in [3.8, 4) is 0 Å². The summed E-state index contributed by atoms with van der Waals surface area (Å²) in [6.07, 6.45) is 3.64. The Hall–Kier alpha value is -0.670. The summed E-state index contributed by atoms with van der Waals surface area (Å²) in [5, 5.41) is 2.12. The first-order valence-corrected chi connectivity index (χ1v) is 6.38. The molecule has 2 nitrogen and oxygen atoms in total. The summed E-state index contributed by atoms with van der Waals surface area (Å²) >= 11 is 1.81. The molecule has 0 amide bonds. The van der Waals surface area contributed by atoms with Gasteiger partial charge in [-0.05, 0) is 31.3 Å². The Morgan fingerprint density at radius 2 is 2.20 bits per heavy atom. The predicted molar refractivity (Wildman–Crippen MR) is 63.0 cm³/mol. The van der Waals surface area contributed by atoms with Gasteiger partial charge in [0.05, 0.1) is 0 Å². The molecule has 0 bridgehead atoms. The second kappa shape index (κ2) is 4.90. The minimum absolute atomic E-state index is 0.441. The number of rotatable bonds is 3. The number of hydrogen-bond donors (Lipinski definition) is 0. The van der Waals surface area contributed by atoms with E-state index in [1.807, 2.05) is 11.3 Å². The third-order valence-corrected chi connectivity index (χ3v) is 3.98. The Bertz CT molecular complexity index is 310. The van der Waals surface area contributed by atoms with Gasteiger partial charge in [-0.15, -0.1) is 11.3 Å². The summed E-state index contributed by atoms with van der Waals surface area (Å²) in [6.45, 7) is 1.02. The van der Waals surface area contributed by atoms with E-state index in [9.17, 15) is 4.79 Å². The number of carbonyl (C=O) groups excluding carboxylic acids is 1. The minimum atomic E-state index is 0.441. The maximum absolute atomic E-state index is 11.1. The zero-order valence-electron chi connectivity index (χ0n) is 9.11. The molecule has 2 rings (SSSR count). The number of ketones is 1. The van der Waals surface area contributed by atoms with Crippen molar-refractivity contribution in [2.45, 2.75) is 38.3 Å². The lowest BCUT2D eigenvalue weighted by Crippen LogP contribution is -2.34. The molecule has 1 aromatic rings. The van der Waals surface area contributed by atoms with Crippen LogP contribution < -0.4 is 0 Å². The molecule has 3 heteroatoms. The van der Waals surface area contributed by atoms with Gasteiger partial charge in [0.1, 0.15) is 5.78 Å². The number of Topliss-reactive ketones (excluding diaryl/α,β-unsaturated/α-hetero) is 1. The smallest absolute Gasteiger partial charge is 0.133 e. The molecule has 0 atom stereocenters. The van der Waals surface area contributed by atoms with Crippen molar-refractivity contribution in [3.63, 3.8) is 0 Å². The first-order valence-electron chi connectivity index (χ1n) is 5.50. The number of hydrogen-bond acceptors (Lipinski definition) is 3. The highest BCUT2D eigenvalue weighted by Crippen LogP contribution is 2.22. The summed E-state index contributed by atoms with van der Waals surface area (Å²) in [4.78, 5) is 14.9. The average molecular weight is 223 g/mol. The van der Waals surface area contributed by atoms with Crippen LogP contribution in [0.25, 0.3) is 0 Å². The van der Waals surface area contributed by atoms with E-state index in [0.717, 1.165) is 32.2 Å². The molecule has 0 aromatic carbocycles. The van der Waals surface area contributed by atoms with Crippen molar-refractivity contribution < 1.29 is 4.79 Å². The van der Waals surface area contributed by atoms with Gasteiger partial charge in [-0.25, -0.2) is 0 Å². The van der Waals surface area contributed by atoms with Gasteiger partial charge in [0.15, 0.2) is 0 Å². The van der Waals surface area contributed by atoms with Crippen molar-refractivity contribution in [1.29, 1.82) is 0 Å². The summed E-state index contributed by atoms with van der Waals surface area (Å²) in [7, 11) is 2.17. The minimum Gasteiger partial charge on any atom is -0.300 e. The van der Waals surface area contributed by atoms with Gasteiger partial charge in [0.2, 0.25) is 0 Å². The summed E-state index contributed by atoms with van der Waals surface area (Å²) in [6, 6.07) is 4.87. The molecule has 1 aliphatic rings. The van der Waals surface area contributed by atoms with Crippen LogP contribution in [-0.2, 0) is 11.3 Å². The maximum Gasteiger partial charge on any atom is 0.133 e. The molecule has 15 heavy (non-hydrogen) atoms. The molecule has 0 unspecified atom stereocenters. The van der Waals surface area contributed by atoms with Gasteiger partial charge < -0.3 is 0 Å². The Labute approximate surface area is 94.9 Å². The molecule has 82 valence electrons. The lowest BCUT2D eigenvalue weighted by Gasteiger charge is -2.30. The fraction of sp³-hybridized carbons (Fsp3) is 0.583. The number of nitrogens with zero attached hydrogens (tertiary/aromatic N) is 1. The molecular weight excluding hydrogens is 206 g/mol. The third-order valence-electron chi connectivity index (χ3n) is 3.12. The van der Waals surface area contributed by atoms with Crippen LogP contribution in [0, 0.1) is 0 Å². The van der Waals surface area contributed by atoms with Crippen LogP contribution in [0.5, 0.6) is 0 Å². The van der Waals surface area contributed by atoms with Crippen LogP contribution in [-0.4, -0.2) is 23.8 Å². The molecule has 0 aliphatic heterocycles. The van der Waals surface area contributed by atoms with E-state index in [1.54, 1.807) is 0 Å². The SMILES string of the molecule is CN(Cc1cccs1)C1CCC(=O)CC1. The maximum atomic E-state index is 11.1. The molecule has 0 spiro atoms. The topological polar surface area (TPSA) is 20.3 Å². The third kappa shape index (κ3) is 2.89. The van der Waals surface area contributed by atoms with Gasteiger partial charge >= 0.3 is 0 Å². The van der Waals surface area contributed by atoms with Gasteiger partial charge in [0, 0.05) is 30.3 Å². The van der Waals surface area contributed by atoms with Crippen molar-refractivity contribution >= 4 is 17.1 Å². The highest BCUT2D eigenvalue weighted by molar-refractivity contribution is 7.09. The Morgan fingerprint density at radius 3 is 2.80 bits per heavy atom. The van der Waals surface area contributed by atoms with Crippen LogP contribution in [0.1, 0.15) is 30.6 Å². The largest absolute Gasteiger partial charge is 0.300 e. The van der Waals surface area contributed by atoms with Crippen LogP contribution in [0.3, 0.4) is 0 Å². The molecule has 1 heterocycles. The molecule has 0 radical (unpaired) electrons. The first-order chi connectivity index (χ1) is 7.25. The normalized spacial score (nSPS) is 18.7. The van der Waals surface area contributed by atoms with Crippen LogP contribution in [0.4, 0.5) is 0 Å². The lowest BCUT2D eigenvalue weighted by atomic mass is 9.93. The monoisotopic (exact) mass is 223 g/mol. The van der Waals surface area contributed by atoms with E-state index < -0.39 is 0 Å². The van der Waals surface area contributed by atoms with Crippen LogP contribution in [0.15, 0.2) is 17.5 Å². The molecule has 0 saturated heterocycles. The summed E-state index contributed by atoms with van der Waals surface area (Å²) in [5.74, 6) is 0.441. The van der Waals surface area contributed by atoms with E-state index in [1.165, 1.54) is 4.88 Å². The Morgan fingerprint density at radius 1 is 1.47 bits per heavy atom. The number of carbonyl (C=O) groups is 1. The zero-order valence-corrected chi connectivity index (χ0v) is 9.93. The standard InChI is InChI=1S/C12H17NOS/c1-13(9-12-3-2-8-15-12)10-4-6-11(14)7-5-10/h2-3,8,10H,4-7,9H2,1H3. The molecular formula is C12H17NOS. The van der Waals surface area contributed by atoms with Crippen molar-refractivity contribution in [3.05, 3.63) is 22.4 Å². The van der Waals surface area contributed by atoms with Gasteiger partial charge in [-0.2, -0.15) is 0 Å². The second-order valence-electron chi connectivity index (χ2n) is 4.26. The van der Waals surface area contributed by atoms with Crippen molar-refractivity contribution in [2.24, 2.45) is 0 Å². The van der Waals surface area contributed by atoms with Crippen molar-refractivity contribution in [1.82, 2.24) is 4.90 Å². The molecule has 1 aromatic heterocycles. The molecule has 1 saturated carbocycles. The second-order valence-corrected chi connectivity index (χ2v) is 5.30. The van der Waals surface area contributed by atoms with E-state index >= 15 is 0 Å². The average Bonchev–Trinajstić information content (AvgIpc) is 2.71. The first kappa shape index (κ1) is 10.8. The van der Waals surface area contributed by atoms with Crippen LogP contribution in [0.2, 0.25) is 0 Å². The van der Waals surface area contributed by atoms with Gasteiger partial charge in [-0.3, -0.25) is 9.69 Å². The van der Waals surface area contributed by atoms with Gasteiger partial charge in [0.25, 0.3) is 0 Å². The molecule has 0 N–H and O–H groups in total. The zero-order chi connectivity index (χ0) is 10.7. The van der Waals surface area contributed by atoms with E-state index in [4.69, 9.17) is 0 Å². The molecule has 1 fully saturated rings. The Balaban J connectivity index is 1.85. The number of thiophene rings is 1. The van der Waals surface area contributed by atoms with E-state index in [0.29, 0.717) is 11.8 Å². The van der Waals surface area contributed by atoms with E-state index in [2.05, 4.69) is 29.5 Å². The predicted octanol–water partition coefficient (Wildman–Crippen LogP) is 2.69. The molecule has 1 aliphatic carbocycles. The summed E-state index contributed by atoms with van der Waals surface area (Å²) in [5.41, 5.74) is 0. The summed E-state index contributed by atoms with van der Waals surface area (Å²) < 4.78 is 0. The van der Waals surface area contributed by atoms with Gasteiger partial charge in [-0.1, -0.05) is 6.07 Å². The lowest BCUT2D eigenvalue weighted by molar-refractivity contribution is -0.121. The van der Waals surface area contributed by atoms with Crippen molar-refractivity contribution in [2.75, 3.05) is 7.05 Å². The van der Waals surface area contributed by atoms with E-state index in [-0.39, 0.29) is 0 Å². The van der Waals surface area contributed by atoms with Crippen LogP contribution >= 0.6 is 11.3 Å². The fourth-order valence-electron chi connectivity index (χ4n) is 2.14. The Kier molecular flexibility index (Phi) is 3.54. The highest BCUT2D eigenvalue weighted by Gasteiger charge is 2.22. The quantitative estimate of drug-likeness (QED) is 0.785. The highest BCUT2D eigenvalue weighted by atomic mass is 32.1. The fourth-order valence-corrected chi connectivity index (χ4v) is 2.91.